The van der Waals surface area contributed by atoms with Crippen LogP contribution in [0.2, 0.25) is 15.1 Å². The first-order valence-corrected chi connectivity index (χ1v) is 10.4. The number of rotatable bonds is 2. The molecule has 1 aromatic heterocycles. The smallest absolute Gasteiger partial charge is 0.226 e. The number of carbonyl (C=O) groups excluding carboxylic acids is 1. The summed E-state index contributed by atoms with van der Waals surface area (Å²) in [7, 11) is 0. The van der Waals surface area contributed by atoms with Crippen molar-refractivity contribution in [1.82, 2.24) is 14.8 Å². The van der Waals surface area contributed by atoms with Gasteiger partial charge in [0.25, 0.3) is 0 Å². The van der Waals surface area contributed by atoms with Crippen LogP contribution in [0.5, 0.6) is 0 Å². The van der Waals surface area contributed by atoms with Crippen LogP contribution in [-0.4, -0.2) is 20.5 Å². The molecule has 1 N–H and O–H groups in total. The third-order valence-corrected chi connectivity index (χ3v) is 6.33. The van der Waals surface area contributed by atoms with E-state index in [0.29, 0.717) is 38.8 Å². The van der Waals surface area contributed by atoms with E-state index in [2.05, 4.69) is 10.3 Å². The van der Waals surface area contributed by atoms with Crippen LogP contribution in [0.1, 0.15) is 30.9 Å². The SMILES string of the molecule is O=C1CCCC2=C1C(c1cccc(Cl)c1Cl)n1nc(-c3ccc(Cl)cc3)nc1N2. The Hall–Kier alpha value is -2.34. The Morgan fingerprint density at radius 2 is 1.83 bits per heavy atom. The minimum Gasteiger partial charge on any atom is -0.328 e. The van der Waals surface area contributed by atoms with E-state index in [1.807, 2.05) is 24.3 Å². The Labute approximate surface area is 182 Å². The molecule has 1 aliphatic heterocycles. The molecule has 1 atom stereocenters. The van der Waals surface area contributed by atoms with Gasteiger partial charge < -0.3 is 5.32 Å². The fourth-order valence-corrected chi connectivity index (χ4v) is 4.43. The fraction of sp³-hybridized carbons (Fsp3) is 0.190. The number of carbonyl (C=O) groups is 1. The largest absolute Gasteiger partial charge is 0.328 e. The van der Waals surface area contributed by atoms with Crippen LogP contribution in [0, 0.1) is 0 Å². The van der Waals surface area contributed by atoms with Crippen molar-refractivity contribution in [3.05, 3.63) is 74.4 Å². The number of anilines is 1. The van der Waals surface area contributed by atoms with Crippen LogP contribution in [0.15, 0.2) is 53.7 Å². The summed E-state index contributed by atoms with van der Waals surface area (Å²) >= 11 is 18.8. The highest BCUT2D eigenvalue weighted by molar-refractivity contribution is 6.42. The second kappa shape index (κ2) is 7.17. The number of benzene rings is 2. The first-order valence-electron chi connectivity index (χ1n) is 9.22. The van der Waals surface area contributed by atoms with Gasteiger partial charge in [0.15, 0.2) is 11.6 Å². The lowest BCUT2D eigenvalue weighted by Crippen LogP contribution is -2.31. The topological polar surface area (TPSA) is 59.8 Å². The van der Waals surface area contributed by atoms with Crippen molar-refractivity contribution in [3.8, 4) is 11.4 Å². The average Bonchev–Trinajstić information content (AvgIpc) is 3.13. The normalized spacial score (nSPS) is 18.3. The molecule has 5 rings (SSSR count). The molecule has 0 amide bonds. The van der Waals surface area contributed by atoms with Crippen molar-refractivity contribution < 1.29 is 4.79 Å². The number of nitrogens with one attached hydrogen (secondary N) is 1. The van der Waals surface area contributed by atoms with Crippen LogP contribution in [0.3, 0.4) is 0 Å². The Morgan fingerprint density at radius 1 is 1.03 bits per heavy atom. The summed E-state index contributed by atoms with van der Waals surface area (Å²) in [6.45, 7) is 0. The van der Waals surface area contributed by atoms with Gasteiger partial charge in [-0.1, -0.05) is 46.9 Å². The molecular formula is C21H15Cl3N4O. The van der Waals surface area contributed by atoms with E-state index >= 15 is 0 Å². The van der Waals surface area contributed by atoms with Crippen molar-refractivity contribution in [2.45, 2.75) is 25.3 Å². The van der Waals surface area contributed by atoms with Crippen LogP contribution in [-0.2, 0) is 4.79 Å². The van der Waals surface area contributed by atoms with Gasteiger partial charge >= 0.3 is 0 Å². The minimum atomic E-state index is -0.478. The highest BCUT2D eigenvalue weighted by Crippen LogP contribution is 2.43. The summed E-state index contributed by atoms with van der Waals surface area (Å²) in [5.41, 5.74) is 3.13. The van der Waals surface area contributed by atoms with E-state index in [-0.39, 0.29) is 5.78 Å². The molecule has 2 aliphatic rings. The van der Waals surface area contributed by atoms with Crippen LogP contribution in [0.4, 0.5) is 5.95 Å². The molecule has 1 aliphatic carbocycles. The van der Waals surface area contributed by atoms with Crippen LogP contribution in [0.25, 0.3) is 11.4 Å². The predicted octanol–water partition coefficient (Wildman–Crippen LogP) is 5.93. The Bertz CT molecular complexity index is 1170. The molecule has 0 bridgehead atoms. The summed E-state index contributed by atoms with van der Waals surface area (Å²) in [6.07, 6.45) is 2.08. The number of allylic oxidation sites excluding steroid dienone is 2. The van der Waals surface area contributed by atoms with Crippen LogP contribution >= 0.6 is 34.8 Å². The van der Waals surface area contributed by atoms with E-state index in [4.69, 9.17) is 39.9 Å². The first-order chi connectivity index (χ1) is 14.0. The first kappa shape index (κ1) is 18.7. The van der Waals surface area contributed by atoms with E-state index in [1.165, 1.54) is 0 Å². The summed E-state index contributed by atoms with van der Waals surface area (Å²) in [4.78, 5) is 17.6. The standard InChI is InChI=1S/C21H15Cl3N4O/c22-12-9-7-11(8-10-12)20-26-21-25-15-5-2-6-16(29)17(15)19(28(21)27-20)13-3-1-4-14(23)18(13)24/h1,3-4,7-10,19H,2,5-6H2,(H,25,26,27). The molecule has 0 saturated heterocycles. The number of ketones is 1. The molecule has 2 aromatic carbocycles. The molecule has 0 spiro atoms. The zero-order chi connectivity index (χ0) is 20.1. The zero-order valence-electron chi connectivity index (χ0n) is 15.1. The number of halogens is 3. The van der Waals surface area contributed by atoms with Crippen molar-refractivity contribution in [2.75, 3.05) is 5.32 Å². The van der Waals surface area contributed by atoms with Crippen molar-refractivity contribution in [2.24, 2.45) is 0 Å². The maximum Gasteiger partial charge on any atom is 0.226 e. The van der Waals surface area contributed by atoms with E-state index in [0.717, 1.165) is 29.7 Å². The number of nitrogens with zero attached hydrogens (tertiary/aromatic N) is 3. The summed E-state index contributed by atoms with van der Waals surface area (Å²) in [6, 6.07) is 12.3. The van der Waals surface area contributed by atoms with Gasteiger partial charge in [0.05, 0.1) is 10.0 Å². The molecule has 146 valence electrons. The highest BCUT2D eigenvalue weighted by Gasteiger charge is 2.38. The number of Topliss-reactive ketones (excluding diaryl/α,β-unsaturated/α-hetero) is 1. The molecule has 0 fully saturated rings. The summed E-state index contributed by atoms with van der Waals surface area (Å²) < 4.78 is 1.73. The molecule has 0 radical (unpaired) electrons. The fourth-order valence-electron chi connectivity index (χ4n) is 3.90. The Morgan fingerprint density at radius 3 is 2.62 bits per heavy atom. The zero-order valence-corrected chi connectivity index (χ0v) is 17.4. The third kappa shape index (κ3) is 3.14. The maximum absolute atomic E-state index is 12.9. The van der Waals surface area contributed by atoms with Gasteiger partial charge in [-0.15, -0.1) is 5.10 Å². The number of hydrogen-bond acceptors (Lipinski definition) is 4. The van der Waals surface area contributed by atoms with Gasteiger partial charge in [-0.25, -0.2) is 4.68 Å². The summed E-state index contributed by atoms with van der Waals surface area (Å²) in [5.74, 6) is 1.21. The van der Waals surface area contributed by atoms with E-state index < -0.39 is 6.04 Å². The predicted molar refractivity (Wildman–Crippen MR) is 115 cm³/mol. The highest BCUT2D eigenvalue weighted by atomic mass is 35.5. The Kier molecular flexibility index (Phi) is 4.62. The van der Waals surface area contributed by atoms with Crippen molar-refractivity contribution >= 4 is 46.5 Å². The molecule has 2 heterocycles. The van der Waals surface area contributed by atoms with Crippen molar-refractivity contribution in [1.29, 1.82) is 0 Å². The van der Waals surface area contributed by atoms with Gasteiger partial charge in [0.1, 0.15) is 6.04 Å². The summed E-state index contributed by atoms with van der Waals surface area (Å²) in [5, 5.41) is 9.52. The van der Waals surface area contributed by atoms with E-state index in [9.17, 15) is 4.79 Å². The van der Waals surface area contributed by atoms with Gasteiger partial charge in [-0.3, -0.25) is 4.79 Å². The monoisotopic (exact) mass is 444 g/mol. The lowest BCUT2D eigenvalue weighted by molar-refractivity contribution is -0.116. The molecule has 8 heteroatoms. The molecule has 5 nitrogen and oxygen atoms in total. The van der Waals surface area contributed by atoms with Crippen molar-refractivity contribution in [3.63, 3.8) is 0 Å². The minimum absolute atomic E-state index is 0.0917. The molecule has 1 unspecified atom stereocenters. The van der Waals surface area contributed by atoms with Gasteiger partial charge in [-0.05, 0) is 43.2 Å². The lowest BCUT2D eigenvalue weighted by Gasteiger charge is -2.32. The lowest BCUT2D eigenvalue weighted by atomic mass is 9.85. The van der Waals surface area contributed by atoms with E-state index in [1.54, 1.807) is 22.9 Å². The second-order valence-corrected chi connectivity index (χ2v) is 8.27. The maximum atomic E-state index is 12.9. The molecule has 29 heavy (non-hydrogen) atoms. The number of fused-ring (bicyclic) bond motifs is 1. The van der Waals surface area contributed by atoms with Crippen LogP contribution < -0.4 is 5.32 Å². The molecule has 0 saturated carbocycles. The van der Waals surface area contributed by atoms with Gasteiger partial charge in [0.2, 0.25) is 5.95 Å². The Balaban J connectivity index is 1.71. The average molecular weight is 446 g/mol. The van der Waals surface area contributed by atoms with Gasteiger partial charge in [0, 0.05) is 33.8 Å². The molecular weight excluding hydrogens is 431 g/mol. The van der Waals surface area contributed by atoms with Gasteiger partial charge in [-0.2, -0.15) is 4.98 Å². The molecule has 3 aromatic rings. The number of hydrogen-bond donors (Lipinski definition) is 1. The second-order valence-electron chi connectivity index (χ2n) is 7.05. The third-order valence-electron chi connectivity index (χ3n) is 5.25. The number of aromatic nitrogens is 3. The quantitative estimate of drug-likeness (QED) is 0.531.